The van der Waals surface area contributed by atoms with Crippen molar-refractivity contribution in [2.45, 2.75) is 12.3 Å². The summed E-state index contributed by atoms with van der Waals surface area (Å²) in [6, 6.07) is 0. The molecule has 17 heavy (non-hydrogen) atoms. The molecule has 1 aliphatic heterocycles. The monoisotopic (exact) mass is 254 g/mol. The van der Waals surface area contributed by atoms with E-state index in [2.05, 4.69) is 15.2 Å². The molecule has 3 heterocycles. The van der Waals surface area contributed by atoms with Crippen LogP contribution >= 0.6 is 11.6 Å². The Labute approximate surface area is 103 Å². The third kappa shape index (κ3) is 1.94. The van der Waals surface area contributed by atoms with Crippen LogP contribution in [0.3, 0.4) is 0 Å². The van der Waals surface area contributed by atoms with Crippen LogP contribution in [0.2, 0.25) is 5.02 Å². The smallest absolute Gasteiger partial charge is 0.279 e. The molecule has 0 radical (unpaired) electrons. The summed E-state index contributed by atoms with van der Waals surface area (Å²) >= 11 is 6.01. The van der Waals surface area contributed by atoms with Crippen LogP contribution < -0.4 is 0 Å². The molecular formula is C10H11ClN4O2. The molecule has 2 aromatic heterocycles. The highest BCUT2D eigenvalue weighted by Gasteiger charge is 2.24. The second-order valence-electron chi connectivity index (χ2n) is 4.02. The standard InChI is InChI=1S/C10H11ClN4O2/c1-15-4-7(11)8(13-15)10-12-9(14-17-10)6-2-3-16-5-6/h4,6H,2-3,5H2,1H3/t6-/m0/s1. The molecule has 0 unspecified atom stereocenters. The zero-order valence-electron chi connectivity index (χ0n) is 9.26. The van der Waals surface area contributed by atoms with E-state index in [0.29, 0.717) is 29.0 Å². The maximum atomic E-state index is 6.01. The second kappa shape index (κ2) is 4.12. The highest BCUT2D eigenvalue weighted by atomic mass is 35.5. The first-order valence-corrected chi connectivity index (χ1v) is 5.72. The van der Waals surface area contributed by atoms with E-state index in [1.807, 2.05) is 0 Å². The van der Waals surface area contributed by atoms with E-state index in [-0.39, 0.29) is 5.92 Å². The Hall–Kier alpha value is -1.40. The Morgan fingerprint density at radius 2 is 2.41 bits per heavy atom. The Morgan fingerprint density at radius 1 is 1.53 bits per heavy atom. The van der Waals surface area contributed by atoms with Gasteiger partial charge in [0.05, 0.1) is 11.6 Å². The Kier molecular flexibility index (Phi) is 2.60. The van der Waals surface area contributed by atoms with Crippen LogP contribution in [0.1, 0.15) is 18.2 Å². The molecule has 6 nitrogen and oxygen atoms in total. The summed E-state index contributed by atoms with van der Waals surface area (Å²) in [4.78, 5) is 4.32. The number of halogens is 1. The molecule has 1 saturated heterocycles. The van der Waals surface area contributed by atoms with Gasteiger partial charge in [-0.1, -0.05) is 16.8 Å². The van der Waals surface area contributed by atoms with Crippen LogP contribution in [0.5, 0.6) is 0 Å². The SMILES string of the molecule is Cn1cc(Cl)c(-c2nc([C@H]3CCOC3)no2)n1. The maximum absolute atomic E-state index is 6.01. The minimum Gasteiger partial charge on any atom is -0.381 e. The summed E-state index contributed by atoms with van der Waals surface area (Å²) in [5.74, 6) is 1.24. The lowest BCUT2D eigenvalue weighted by molar-refractivity contribution is 0.192. The number of ether oxygens (including phenoxy) is 1. The molecule has 2 aromatic rings. The molecule has 90 valence electrons. The van der Waals surface area contributed by atoms with E-state index in [1.165, 1.54) is 0 Å². The summed E-state index contributed by atoms with van der Waals surface area (Å²) < 4.78 is 12.1. The van der Waals surface area contributed by atoms with Crippen LogP contribution in [0.25, 0.3) is 11.6 Å². The normalized spacial score (nSPS) is 20.0. The summed E-state index contributed by atoms with van der Waals surface area (Å²) in [6.45, 7) is 1.40. The van der Waals surface area contributed by atoms with Gasteiger partial charge in [-0.25, -0.2) is 0 Å². The molecule has 0 spiro atoms. The van der Waals surface area contributed by atoms with Crippen LogP contribution in [0, 0.1) is 0 Å². The number of hydrogen-bond acceptors (Lipinski definition) is 5. The second-order valence-corrected chi connectivity index (χ2v) is 4.42. The van der Waals surface area contributed by atoms with E-state index in [4.69, 9.17) is 20.9 Å². The number of aromatic nitrogens is 4. The zero-order valence-corrected chi connectivity index (χ0v) is 10.0. The largest absolute Gasteiger partial charge is 0.381 e. The van der Waals surface area contributed by atoms with Crippen molar-refractivity contribution in [1.82, 2.24) is 19.9 Å². The Balaban J connectivity index is 1.91. The average Bonchev–Trinajstić information content (AvgIpc) is 2.97. The van der Waals surface area contributed by atoms with Crippen molar-refractivity contribution in [2.75, 3.05) is 13.2 Å². The van der Waals surface area contributed by atoms with E-state index in [9.17, 15) is 0 Å². The van der Waals surface area contributed by atoms with Crippen molar-refractivity contribution in [3.63, 3.8) is 0 Å². The van der Waals surface area contributed by atoms with Gasteiger partial charge in [0.15, 0.2) is 11.5 Å². The zero-order chi connectivity index (χ0) is 11.8. The van der Waals surface area contributed by atoms with Crippen LogP contribution in [0.15, 0.2) is 10.7 Å². The molecule has 0 aromatic carbocycles. The van der Waals surface area contributed by atoms with E-state index in [1.54, 1.807) is 17.9 Å². The molecule has 0 amide bonds. The number of aryl methyl sites for hydroxylation is 1. The quantitative estimate of drug-likeness (QED) is 0.815. The molecule has 1 atom stereocenters. The lowest BCUT2D eigenvalue weighted by atomic mass is 10.1. The predicted octanol–water partition coefficient (Wildman–Crippen LogP) is 1.63. The summed E-state index contributed by atoms with van der Waals surface area (Å²) in [6.07, 6.45) is 2.62. The molecule has 3 rings (SSSR count). The van der Waals surface area contributed by atoms with Crippen molar-refractivity contribution in [3.05, 3.63) is 17.0 Å². The Morgan fingerprint density at radius 3 is 3.06 bits per heavy atom. The predicted molar refractivity (Wildman–Crippen MR) is 59.7 cm³/mol. The molecule has 7 heteroatoms. The third-order valence-corrected chi connectivity index (χ3v) is 3.00. The number of hydrogen-bond donors (Lipinski definition) is 0. The van der Waals surface area contributed by atoms with E-state index >= 15 is 0 Å². The van der Waals surface area contributed by atoms with Crippen molar-refractivity contribution >= 4 is 11.6 Å². The van der Waals surface area contributed by atoms with Gasteiger partial charge in [0, 0.05) is 25.8 Å². The number of rotatable bonds is 2. The lowest BCUT2D eigenvalue weighted by Gasteiger charge is -1.97. The van der Waals surface area contributed by atoms with Gasteiger partial charge in [0.25, 0.3) is 5.89 Å². The van der Waals surface area contributed by atoms with Gasteiger partial charge < -0.3 is 9.26 Å². The van der Waals surface area contributed by atoms with E-state index in [0.717, 1.165) is 13.0 Å². The van der Waals surface area contributed by atoms with Crippen LogP contribution in [0.4, 0.5) is 0 Å². The van der Waals surface area contributed by atoms with Crippen LogP contribution in [-0.4, -0.2) is 33.1 Å². The minimum absolute atomic E-state index is 0.218. The molecule has 0 N–H and O–H groups in total. The molecule has 0 saturated carbocycles. The molecule has 0 aliphatic carbocycles. The van der Waals surface area contributed by atoms with E-state index < -0.39 is 0 Å². The maximum Gasteiger partial charge on any atom is 0.279 e. The first-order chi connectivity index (χ1) is 8.24. The molecular weight excluding hydrogens is 244 g/mol. The van der Waals surface area contributed by atoms with Crippen molar-refractivity contribution in [1.29, 1.82) is 0 Å². The summed E-state index contributed by atoms with van der Waals surface area (Å²) in [7, 11) is 1.79. The van der Waals surface area contributed by atoms with Crippen molar-refractivity contribution in [2.24, 2.45) is 7.05 Å². The average molecular weight is 255 g/mol. The van der Waals surface area contributed by atoms with Gasteiger partial charge in [-0.15, -0.1) is 0 Å². The number of nitrogens with zero attached hydrogens (tertiary/aromatic N) is 4. The topological polar surface area (TPSA) is 66.0 Å². The highest BCUT2D eigenvalue weighted by molar-refractivity contribution is 6.32. The summed E-state index contributed by atoms with van der Waals surface area (Å²) in [5, 5.41) is 8.63. The highest BCUT2D eigenvalue weighted by Crippen LogP contribution is 2.28. The third-order valence-electron chi connectivity index (χ3n) is 2.72. The first kappa shape index (κ1) is 10.7. The van der Waals surface area contributed by atoms with Crippen molar-refractivity contribution in [3.8, 4) is 11.6 Å². The first-order valence-electron chi connectivity index (χ1n) is 5.35. The van der Waals surface area contributed by atoms with Crippen molar-refractivity contribution < 1.29 is 9.26 Å². The summed E-state index contributed by atoms with van der Waals surface area (Å²) in [5.41, 5.74) is 0.520. The van der Waals surface area contributed by atoms with Gasteiger partial charge in [0.1, 0.15) is 0 Å². The fraction of sp³-hybridized carbons (Fsp3) is 0.500. The molecule has 0 bridgehead atoms. The minimum atomic E-state index is 0.218. The van der Waals surface area contributed by atoms with Gasteiger partial charge in [-0.3, -0.25) is 4.68 Å². The Bertz CT molecular complexity index is 530. The molecule has 1 aliphatic rings. The van der Waals surface area contributed by atoms with Crippen LogP contribution in [-0.2, 0) is 11.8 Å². The fourth-order valence-electron chi connectivity index (χ4n) is 1.84. The van der Waals surface area contributed by atoms with Gasteiger partial charge in [-0.05, 0) is 6.42 Å². The van der Waals surface area contributed by atoms with Gasteiger partial charge in [-0.2, -0.15) is 10.1 Å². The molecule has 1 fully saturated rings. The van der Waals surface area contributed by atoms with Gasteiger partial charge in [0.2, 0.25) is 0 Å². The lowest BCUT2D eigenvalue weighted by Crippen LogP contribution is -1.99. The fourth-order valence-corrected chi connectivity index (χ4v) is 2.10. The van der Waals surface area contributed by atoms with Gasteiger partial charge >= 0.3 is 0 Å².